The monoisotopic (exact) mass is 355 g/mol. The maximum Gasteiger partial charge on any atom is 0.432 e. The third kappa shape index (κ3) is 3.54. The highest BCUT2D eigenvalue weighted by Gasteiger charge is 2.35. The van der Waals surface area contributed by atoms with E-state index in [1.54, 1.807) is 25.1 Å². The Kier molecular flexibility index (Phi) is 4.32. The number of hydrogen-bond donors (Lipinski definition) is 1. The molecule has 0 saturated heterocycles. The molecule has 3 rings (SSSR count). The van der Waals surface area contributed by atoms with E-state index in [4.69, 9.17) is 9.47 Å². The fraction of sp³-hybridized carbons (Fsp3) is 0.375. The number of methoxy groups -OCH3 is 1. The molecule has 1 aromatic heterocycles. The number of fused-ring (bicyclic) bond motifs is 1. The fourth-order valence-corrected chi connectivity index (χ4v) is 2.63. The van der Waals surface area contributed by atoms with E-state index >= 15 is 0 Å². The van der Waals surface area contributed by atoms with Crippen molar-refractivity contribution in [1.29, 1.82) is 0 Å². The predicted octanol–water partition coefficient (Wildman–Crippen LogP) is 2.86. The second-order valence-corrected chi connectivity index (χ2v) is 5.75. The number of carbonyl (C=O) groups excluding carboxylic acids is 1. The molecule has 6 nitrogen and oxygen atoms in total. The van der Waals surface area contributed by atoms with Gasteiger partial charge in [-0.2, -0.15) is 18.3 Å². The zero-order valence-electron chi connectivity index (χ0n) is 13.6. The molecule has 134 valence electrons. The smallest absolute Gasteiger partial charge is 0.432 e. The number of amides is 1. The van der Waals surface area contributed by atoms with Crippen LogP contribution in [-0.4, -0.2) is 40.8 Å². The Morgan fingerprint density at radius 3 is 2.80 bits per heavy atom. The Morgan fingerprint density at radius 1 is 1.40 bits per heavy atom. The van der Waals surface area contributed by atoms with Crippen LogP contribution in [0.25, 0.3) is 0 Å². The number of aromatic amines is 1. The maximum atomic E-state index is 12.7. The third-order valence-corrected chi connectivity index (χ3v) is 3.83. The molecule has 1 N–H and O–H groups in total. The van der Waals surface area contributed by atoms with Gasteiger partial charge in [-0.1, -0.05) is 0 Å². The van der Waals surface area contributed by atoms with Gasteiger partial charge in [-0.05, 0) is 19.1 Å². The summed E-state index contributed by atoms with van der Waals surface area (Å²) in [5.41, 5.74) is -0.596. The summed E-state index contributed by atoms with van der Waals surface area (Å²) in [6.45, 7) is 2.21. The Morgan fingerprint density at radius 2 is 2.16 bits per heavy atom. The van der Waals surface area contributed by atoms with Gasteiger partial charge in [-0.15, -0.1) is 0 Å². The summed E-state index contributed by atoms with van der Waals surface area (Å²) in [5, 5.41) is 5.36. The van der Waals surface area contributed by atoms with Crippen LogP contribution in [0.5, 0.6) is 11.5 Å². The number of H-pyrrole nitrogens is 1. The van der Waals surface area contributed by atoms with Crippen molar-refractivity contribution in [3.8, 4) is 11.5 Å². The number of aromatic nitrogens is 2. The molecular weight excluding hydrogens is 339 g/mol. The summed E-state index contributed by atoms with van der Waals surface area (Å²) in [7, 11) is 1.54. The van der Waals surface area contributed by atoms with Crippen LogP contribution in [0.1, 0.15) is 28.7 Å². The molecular formula is C16H16F3N3O3. The van der Waals surface area contributed by atoms with Crippen LogP contribution < -0.4 is 9.47 Å². The van der Waals surface area contributed by atoms with Gasteiger partial charge in [0.05, 0.1) is 13.7 Å². The number of rotatable bonds is 2. The van der Waals surface area contributed by atoms with Crippen LogP contribution in [0.3, 0.4) is 0 Å². The quantitative estimate of drug-likeness (QED) is 0.900. The number of alkyl halides is 3. The first-order valence-corrected chi connectivity index (χ1v) is 7.53. The standard InChI is InChI=1S/C16H16F3N3O3/c1-9-7-22(8-10-3-4-11(24-2)5-13(10)25-9)15(23)12-6-14(21-20-12)16(17,18)19/h3-6,9H,7-8H2,1-2H3,(H,20,21). The van der Waals surface area contributed by atoms with E-state index in [1.807, 2.05) is 5.10 Å². The Bertz CT molecular complexity index is 788. The van der Waals surface area contributed by atoms with Gasteiger partial charge in [0.15, 0.2) is 5.69 Å². The minimum Gasteiger partial charge on any atom is -0.497 e. The van der Waals surface area contributed by atoms with Crippen molar-refractivity contribution in [1.82, 2.24) is 15.1 Å². The summed E-state index contributed by atoms with van der Waals surface area (Å²) in [6.07, 6.45) is -4.91. The Labute approximate surface area is 141 Å². The lowest BCUT2D eigenvalue weighted by atomic mass is 10.1. The van der Waals surface area contributed by atoms with Gasteiger partial charge in [0.25, 0.3) is 5.91 Å². The first-order chi connectivity index (χ1) is 11.8. The van der Waals surface area contributed by atoms with Crippen molar-refractivity contribution in [2.75, 3.05) is 13.7 Å². The van der Waals surface area contributed by atoms with Crippen molar-refractivity contribution in [2.45, 2.75) is 25.7 Å². The highest BCUT2D eigenvalue weighted by molar-refractivity contribution is 5.92. The van der Waals surface area contributed by atoms with Crippen molar-refractivity contribution in [3.05, 3.63) is 41.2 Å². The van der Waals surface area contributed by atoms with E-state index in [0.29, 0.717) is 17.6 Å². The molecule has 0 fully saturated rings. The highest BCUT2D eigenvalue weighted by atomic mass is 19.4. The molecule has 1 aromatic carbocycles. The van der Waals surface area contributed by atoms with Crippen molar-refractivity contribution in [3.63, 3.8) is 0 Å². The van der Waals surface area contributed by atoms with E-state index in [9.17, 15) is 18.0 Å². The number of carbonyl (C=O) groups is 1. The SMILES string of the molecule is COc1ccc2c(c1)OC(C)CN(C(=O)c1cc(C(F)(F)F)[nH]n1)C2. The van der Waals surface area contributed by atoms with Crippen molar-refractivity contribution >= 4 is 5.91 Å². The lowest BCUT2D eigenvalue weighted by Crippen LogP contribution is -2.36. The molecule has 0 spiro atoms. The summed E-state index contributed by atoms with van der Waals surface area (Å²) < 4.78 is 49.0. The molecule has 1 amide bonds. The molecule has 2 heterocycles. The molecule has 9 heteroatoms. The highest BCUT2D eigenvalue weighted by Crippen LogP contribution is 2.31. The third-order valence-electron chi connectivity index (χ3n) is 3.83. The second-order valence-electron chi connectivity index (χ2n) is 5.75. The van der Waals surface area contributed by atoms with E-state index in [0.717, 1.165) is 5.56 Å². The van der Waals surface area contributed by atoms with E-state index in [-0.39, 0.29) is 24.9 Å². The average molecular weight is 355 g/mol. The van der Waals surface area contributed by atoms with Crippen LogP contribution in [0, 0.1) is 0 Å². The summed E-state index contributed by atoms with van der Waals surface area (Å²) in [4.78, 5) is 14.0. The molecule has 2 aromatic rings. The lowest BCUT2D eigenvalue weighted by Gasteiger charge is -2.21. The van der Waals surface area contributed by atoms with E-state index in [2.05, 4.69) is 5.10 Å². The number of nitrogens with zero attached hydrogens (tertiary/aromatic N) is 2. The zero-order valence-corrected chi connectivity index (χ0v) is 13.6. The average Bonchev–Trinajstić information content (AvgIpc) is 2.99. The van der Waals surface area contributed by atoms with Crippen LogP contribution in [0.2, 0.25) is 0 Å². The van der Waals surface area contributed by atoms with E-state index in [1.165, 1.54) is 12.0 Å². The van der Waals surface area contributed by atoms with Crippen molar-refractivity contribution in [2.24, 2.45) is 0 Å². The Balaban J connectivity index is 1.86. The molecule has 0 radical (unpaired) electrons. The van der Waals surface area contributed by atoms with Gasteiger partial charge in [-0.25, -0.2) is 0 Å². The Hall–Kier alpha value is -2.71. The number of hydrogen-bond acceptors (Lipinski definition) is 4. The van der Waals surface area contributed by atoms with Gasteiger partial charge in [-0.3, -0.25) is 9.89 Å². The largest absolute Gasteiger partial charge is 0.497 e. The molecule has 0 saturated carbocycles. The lowest BCUT2D eigenvalue weighted by molar-refractivity contribution is -0.141. The maximum absolute atomic E-state index is 12.7. The zero-order chi connectivity index (χ0) is 18.2. The van der Waals surface area contributed by atoms with Crippen molar-refractivity contribution < 1.29 is 27.4 Å². The first kappa shape index (κ1) is 17.1. The summed E-state index contributed by atoms with van der Waals surface area (Å²) in [5.74, 6) is 0.610. The van der Waals surface area contributed by atoms with E-state index < -0.39 is 17.8 Å². The van der Waals surface area contributed by atoms with Crippen LogP contribution >= 0.6 is 0 Å². The van der Waals surface area contributed by atoms with Gasteiger partial charge < -0.3 is 14.4 Å². The molecule has 0 bridgehead atoms. The molecule has 1 aliphatic rings. The summed E-state index contributed by atoms with van der Waals surface area (Å²) in [6, 6.07) is 5.93. The number of halogens is 3. The molecule has 1 aliphatic heterocycles. The fourth-order valence-electron chi connectivity index (χ4n) is 2.63. The molecule has 1 atom stereocenters. The predicted molar refractivity (Wildman–Crippen MR) is 81.4 cm³/mol. The molecule has 1 unspecified atom stereocenters. The number of benzene rings is 1. The van der Waals surface area contributed by atoms with Crippen LogP contribution in [0.15, 0.2) is 24.3 Å². The normalized spacial score (nSPS) is 17.5. The molecule has 0 aliphatic carbocycles. The van der Waals surface area contributed by atoms with Crippen LogP contribution in [-0.2, 0) is 12.7 Å². The first-order valence-electron chi connectivity index (χ1n) is 7.53. The van der Waals surface area contributed by atoms with Gasteiger partial charge in [0.2, 0.25) is 0 Å². The van der Waals surface area contributed by atoms with Gasteiger partial charge >= 0.3 is 6.18 Å². The minimum absolute atomic E-state index is 0.205. The van der Waals surface area contributed by atoms with Crippen LogP contribution in [0.4, 0.5) is 13.2 Å². The molecule has 25 heavy (non-hydrogen) atoms. The number of nitrogens with one attached hydrogen (secondary N) is 1. The minimum atomic E-state index is -4.58. The van der Waals surface area contributed by atoms with Gasteiger partial charge in [0.1, 0.15) is 23.3 Å². The number of ether oxygens (including phenoxy) is 2. The topological polar surface area (TPSA) is 67.5 Å². The summed E-state index contributed by atoms with van der Waals surface area (Å²) >= 11 is 0. The van der Waals surface area contributed by atoms with Gasteiger partial charge in [0, 0.05) is 24.2 Å². The second kappa shape index (κ2) is 6.30.